The van der Waals surface area contributed by atoms with Crippen molar-refractivity contribution >= 4 is 5.91 Å². The first-order valence-electron chi connectivity index (χ1n) is 11.2. The summed E-state index contributed by atoms with van der Waals surface area (Å²) in [6, 6.07) is 14.3. The highest BCUT2D eigenvalue weighted by atomic mass is 19.1. The Morgan fingerprint density at radius 1 is 1.15 bits per heavy atom. The number of amides is 1. The number of aryl methyl sites for hydroxylation is 1. The van der Waals surface area contributed by atoms with Gasteiger partial charge < -0.3 is 10.1 Å². The molecule has 0 aliphatic carbocycles. The van der Waals surface area contributed by atoms with Crippen LogP contribution in [0.1, 0.15) is 51.8 Å². The van der Waals surface area contributed by atoms with Crippen molar-refractivity contribution in [2.24, 2.45) is 0 Å². The van der Waals surface area contributed by atoms with Gasteiger partial charge in [-0.15, -0.1) is 0 Å². The van der Waals surface area contributed by atoms with Crippen LogP contribution >= 0.6 is 0 Å². The van der Waals surface area contributed by atoms with Gasteiger partial charge in [-0.05, 0) is 68.2 Å². The average Bonchev–Trinajstić information content (AvgIpc) is 2.84. The molecular weight excluding hydrogens is 419 g/mol. The predicted molar refractivity (Wildman–Crippen MR) is 125 cm³/mol. The highest BCUT2D eigenvalue weighted by Gasteiger charge is 2.24. The summed E-state index contributed by atoms with van der Waals surface area (Å²) in [7, 11) is 1.69. The highest BCUT2D eigenvalue weighted by Crippen LogP contribution is 2.27. The number of ether oxygens (including phenoxy) is 1. The van der Waals surface area contributed by atoms with Crippen LogP contribution in [0.4, 0.5) is 4.39 Å². The molecule has 33 heavy (non-hydrogen) atoms. The maximum absolute atomic E-state index is 13.0. The van der Waals surface area contributed by atoms with E-state index < -0.39 is 0 Å². The van der Waals surface area contributed by atoms with E-state index in [2.05, 4.69) is 32.3 Å². The summed E-state index contributed by atoms with van der Waals surface area (Å²) in [5.74, 6) is 1.46. The number of carbonyl (C=O) groups is 1. The molecule has 0 spiro atoms. The second-order valence-electron chi connectivity index (χ2n) is 8.44. The number of likely N-dealkylation sites (tertiary alicyclic amines) is 1. The molecule has 1 aliphatic rings. The largest absolute Gasteiger partial charge is 0.497 e. The molecule has 172 valence electrons. The number of piperidine rings is 1. The van der Waals surface area contributed by atoms with E-state index in [-0.39, 0.29) is 11.7 Å². The van der Waals surface area contributed by atoms with Gasteiger partial charge in [0.15, 0.2) is 0 Å². The minimum atomic E-state index is -0.295. The Labute approximate surface area is 193 Å². The summed E-state index contributed by atoms with van der Waals surface area (Å²) in [5, 5.41) is 2.85. The quantitative estimate of drug-likeness (QED) is 0.586. The fraction of sp³-hybridized carbons (Fsp3) is 0.346. The first kappa shape index (κ1) is 22.9. The van der Waals surface area contributed by atoms with Crippen LogP contribution < -0.4 is 10.1 Å². The molecule has 1 N–H and O–H groups in total. The number of hydrogen-bond donors (Lipinski definition) is 1. The fourth-order valence-corrected chi connectivity index (χ4v) is 4.16. The van der Waals surface area contributed by atoms with Crippen molar-refractivity contribution in [1.29, 1.82) is 0 Å². The monoisotopic (exact) mass is 448 g/mol. The van der Waals surface area contributed by atoms with Crippen LogP contribution in [-0.2, 0) is 13.1 Å². The number of rotatable bonds is 7. The fourth-order valence-electron chi connectivity index (χ4n) is 4.16. The lowest BCUT2D eigenvalue weighted by atomic mass is 9.95. The molecule has 1 saturated heterocycles. The third-order valence-corrected chi connectivity index (χ3v) is 6.10. The van der Waals surface area contributed by atoms with Crippen LogP contribution in [0, 0.1) is 12.7 Å². The number of aromatic nitrogens is 2. The molecule has 1 fully saturated rings. The molecule has 1 amide bonds. The van der Waals surface area contributed by atoms with E-state index in [1.807, 2.05) is 19.1 Å². The van der Waals surface area contributed by atoms with Crippen molar-refractivity contribution < 1.29 is 13.9 Å². The van der Waals surface area contributed by atoms with E-state index >= 15 is 0 Å². The molecule has 0 bridgehead atoms. The number of methoxy groups -OCH3 is 1. The molecule has 2 heterocycles. The lowest BCUT2D eigenvalue weighted by Crippen LogP contribution is -2.33. The van der Waals surface area contributed by atoms with Gasteiger partial charge in [0.25, 0.3) is 5.91 Å². The van der Waals surface area contributed by atoms with Gasteiger partial charge in [-0.1, -0.05) is 24.3 Å². The van der Waals surface area contributed by atoms with Crippen molar-refractivity contribution in [2.75, 3.05) is 20.2 Å². The third-order valence-electron chi connectivity index (χ3n) is 6.10. The zero-order chi connectivity index (χ0) is 23.2. The maximum Gasteiger partial charge on any atom is 0.254 e. The Morgan fingerprint density at radius 3 is 2.61 bits per heavy atom. The number of hydrogen-bond acceptors (Lipinski definition) is 5. The molecular formula is C26H29FN4O2. The highest BCUT2D eigenvalue weighted by molar-refractivity contribution is 5.94. The van der Waals surface area contributed by atoms with Gasteiger partial charge in [-0.3, -0.25) is 9.69 Å². The number of benzene rings is 2. The van der Waals surface area contributed by atoms with Crippen LogP contribution in [0.2, 0.25) is 0 Å². The summed E-state index contributed by atoms with van der Waals surface area (Å²) in [6.07, 6.45) is 3.60. The molecule has 0 atom stereocenters. The van der Waals surface area contributed by atoms with Crippen LogP contribution in [0.5, 0.6) is 5.75 Å². The summed E-state index contributed by atoms with van der Waals surface area (Å²) in [6.45, 7) is 5.02. The summed E-state index contributed by atoms with van der Waals surface area (Å²) < 4.78 is 18.4. The first-order valence-corrected chi connectivity index (χ1v) is 11.2. The molecule has 3 aromatic rings. The Balaban J connectivity index is 1.31. The zero-order valence-corrected chi connectivity index (χ0v) is 19.1. The van der Waals surface area contributed by atoms with Crippen molar-refractivity contribution in [3.63, 3.8) is 0 Å². The zero-order valence-electron chi connectivity index (χ0n) is 19.1. The smallest absolute Gasteiger partial charge is 0.254 e. The molecule has 0 radical (unpaired) electrons. The average molecular weight is 449 g/mol. The molecule has 2 aromatic carbocycles. The number of nitrogens with zero attached hydrogens (tertiary/aromatic N) is 3. The predicted octanol–water partition coefficient (Wildman–Crippen LogP) is 4.24. The standard InChI is InChI=1S/C26H29FN4O2/c1-18-24(26(32)29-15-19-6-8-22(27)9-7-19)16-28-25(30-18)21-10-12-31(13-11-21)17-20-4-3-5-23(14-20)33-2/h3-9,14,16,21H,10-13,15,17H2,1-2H3,(H,29,32). The Morgan fingerprint density at radius 2 is 1.91 bits per heavy atom. The van der Waals surface area contributed by atoms with E-state index in [1.54, 1.807) is 25.4 Å². The topological polar surface area (TPSA) is 67.3 Å². The molecule has 7 heteroatoms. The van der Waals surface area contributed by atoms with Crippen molar-refractivity contribution in [3.05, 3.63) is 88.8 Å². The molecule has 1 aliphatic heterocycles. The Kier molecular flexibility index (Phi) is 7.29. The Bertz CT molecular complexity index is 1100. The molecule has 6 nitrogen and oxygen atoms in total. The third kappa shape index (κ3) is 5.93. The van der Waals surface area contributed by atoms with E-state index in [1.165, 1.54) is 17.7 Å². The number of nitrogens with one attached hydrogen (secondary N) is 1. The normalized spacial score (nSPS) is 14.8. The number of halogens is 1. The van der Waals surface area contributed by atoms with Gasteiger partial charge in [0, 0.05) is 25.2 Å². The van der Waals surface area contributed by atoms with Crippen molar-refractivity contribution in [3.8, 4) is 5.75 Å². The first-order chi connectivity index (χ1) is 16.0. The van der Waals surface area contributed by atoms with Crippen molar-refractivity contribution in [1.82, 2.24) is 20.2 Å². The van der Waals surface area contributed by atoms with Crippen molar-refractivity contribution in [2.45, 2.75) is 38.8 Å². The van der Waals surface area contributed by atoms with Gasteiger partial charge in [0.2, 0.25) is 0 Å². The van der Waals surface area contributed by atoms with Gasteiger partial charge in [-0.2, -0.15) is 0 Å². The van der Waals surface area contributed by atoms with E-state index in [0.717, 1.165) is 49.6 Å². The van der Waals surface area contributed by atoms with Gasteiger partial charge >= 0.3 is 0 Å². The number of carbonyl (C=O) groups excluding carboxylic acids is 1. The summed E-state index contributed by atoms with van der Waals surface area (Å²) in [4.78, 5) is 24.2. The maximum atomic E-state index is 13.0. The lowest BCUT2D eigenvalue weighted by molar-refractivity contribution is 0.0949. The second kappa shape index (κ2) is 10.5. The summed E-state index contributed by atoms with van der Waals surface area (Å²) in [5.41, 5.74) is 3.23. The molecule has 1 aromatic heterocycles. The molecule has 4 rings (SSSR count). The lowest BCUT2D eigenvalue weighted by Gasteiger charge is -2.31. The van der Waals surface area contributed by atoms with Crippen LogP contribution in [0.3, 0.4) is 0 Å². The molecule has 0 unspecified atom stereocenters. The van der Waals surface area contributed by atoms with E-state index in [0.29, 0.717) is 23.7 Å². The van der Waals surface area contributed by atoms with E-state index in [9.17, 15) is 9.18 Å². The van der Waals surface area contributed by atoms with Crippen LogP contribution in [0.15, 0.2) is 54.7 Å². The van der Waals surface area contributed by atoms with Gasteiger partial charge in [0.1, 0.15) is 17.4 Å². The molecule has 0 saturated carbocycles. The minimum absolute atomic E-state index is 0.225. The SMILES string of the molecule is COc1cccc(CN2CCC(c3ncc(C(=O)NCc4ccc(F)cc4)c(C)n3)CC2)c1. The summed E-state index contributed by atoms with van der Waals surface area (Å²) >= 11 is 0. The van der Waals surface area contributed by atoms with Gasteiger partial charge in [0.05, 0.1) is 18.4 Å². The van der Waals surface area contributed by atoms with E-state index in [4.69, 9.17) is 4.74 Å². The minimum Gasteiger partial charge on any atom is -0.497 e. The van der Waals surface area contributed by atoms with Crippen LogP contribution in [0.25, 0.3) is 0 Å². The second-order valence-corrected chi connectivity index (χ2v) is 8.44. The Hall–Kier alpha value is -3.32. The van der Waals surface area contributed by atoms with Gasteiger partial charge in [-0.25, -0.2) is 14.4 Å². The van der Waals surface area contributed by atoms with Crippen LogP contribution in [-0.4, -0.2) is 41.0 Å².